The maximum Gasteiger partial charge on any atom is 0.224 e. The number of nitrogens with one attached hydrogen (secondary N) is 1. The molecule has 4 fully saturated rings. The van der Waals surface area contributed by atoms with E-state index in [1.54, 1.807) is 0 Å². The second-order valence-electron chi connectivity index (χ2n) is 9.52. The second kappa shape index (κ2) is 7.29. The summed E-state index contributed by atoms with van der Waals surface area (Å²) < 4.78 is 0. The van der Waals surface area contributed by atoms with Gasteiger partial charge in [0.15, 0.2) is 0 Å². The molecule has 27 heavy (non-hydrogen) atoms. The van der Waals surface area contributed by atoms with Gasteiger partial charge in [0.2, 0.25) is 5.91 Å². The summed E-state index contributed by atoms with van der Waals surface area (Å²) >= 11 is 0. The molecule has 0 unspecified atom stereocenters. The van der Waals surface area contributed by atoms with Crippen LogP contribution in [0.25, 0.3) is 0 Å². The van der Waals surface area contributed by atoms with Gasteiger partial charge in [-0.05, 0) is 79.6 Å². The topological polar surface area (TPSA) is 69.2 Å². The van der Waals surface area contributed by atoms with Gasteiger partial charge < -0.3 is 15.2 Å². The summed E-state index contributed by atoms with van der Waals surface area (Å²) in [7, 11) is 0. The fourth-order valence-electron chi connectivity index (χ4n) is 6.58. The minimum Gasteiger partial charge on any atom is -0.550 e. The van der Waals surface area contributed by atoms with Gasteiger partial charge in [-0.15, -0.1) is 0 Å². The van der Waals surface area contributed by atoms with Gasteiger partial charge in [0, 0.05) is 18.4 Å². The van der Waals surface area contributed by atoms with Gasteiger partial charge in [0.25, 0.3) is 0 Å². The standard InChI is InChI=1S/C23H31NO3/c1-15(19-5-3-2-4-6-19)20(10-21(25)26)22(27)24-14-23-11-16-7-17(12-23)9-18(8-16)13-23/h2-6,15-18,20H,7-14H2,1H3,(H,24,27)(H,25,26)/p-1/t15-,16?,17?,18?,20+,23?/m1/s1. The monoisotopic (exact) mass is 368 g/mol. The van der Waals surface area contributed by atoms with Crippen LogP contribution in [-0.4, -0.2) is 18.4 Å². The summed E-state index contributed by atoms with van der Waals surface area (Å²) in [5.41, 5.74) is 1.25. The van der Waals surface area contributed by atoms with E-state index < -0.39 is 11.9 Å². The lowest BCUT2D eigenvalue weighted by Crippen LogP contribution is -2.52. The highest BCUT2D eigenvalue weighted by Crippen LogP contribution is 2.59. The lowest BCUT2D eigenvalue weighted by atomic mass is 9.49. The van der Waals surface area contributed by atoms with Crippen molar-refractivity contribution in [2.75, 3.05) is 6.54 Å². The van der Waals surface area contributed by atoms with Gasteiger partial charge >= 0.3 is 0 Å². The molecule has 4 nitrogen and oxygen atoms in total. The molecule has 2 atom stereocenters. The summed E-state index contributed by atoms with van der Waals surface area (Å²) in [6.45, 7) is 2.65. The van der Waals surface area contributed by atoms with E-state index in [4.69, 9.17) is 0 Å². The quantitative estimate of drug-likeness (QED) is 0.804. The molecule has 0 spiro atoms. The molecule has 0 radical (unpaired) electrons. The molecule has 4 saturated carbocycles. The first kappa shape index (κ1) is 18.5. The van der Waals surface area contributed by atoms with E-state index in [1.165, 1.54) is 38.5 Å². The fourth-order valence-corrected chi connectivity index (χ4v) is 6.58. The zero-order valence-electron chi connectivity index (χ0n) is 16.2. The molecular formula is C23H30NO3-. The molecular weight excluding hydrogens is 338 g/mol. The Morgan fingerprint density at radius 3 is 2.15 bits per heavy atom. The zero-order chi connectivity index (χ0) is 19.0. The maximum atomic E-state index is 13.0. The minimum atomic E-state index is -1.16. The number of aliphatic carboxylic acids is 1. The molecule has 4 heteroatoms. The number of hydrogen-bond donors (Lipinski definition) is 1. The van der Waals surface area contributed by atoms with Gasteiger partial charge in [-0.25, -0.2) is 0 Å². The van der Waals surface area contributed by atoms with E-state index in [0.29, 0.717) is 6.54 Å². The van der Waals surface area contributed by atoms with Crippen LogP contribution in [0.15, 0.2) is 30.3 Å². The second-order valence-corrected chi connectivity index (χ2v) is 9.52. The van der Waals surface area contributed by atoms with Crippen LogP contribution in [0.1, 0.15) is 63.4 Å². The van der Waals surface area contributed by atoms with Crippen molar-refractivity contribution in [3.63, 3.8) is 0 Å². The Morgan fingerprint density at radius 2 is 1.63 bits per heavy atom. The first-order valence-corrected chi connectivity index (χ1v) is 10.5. The van der Waals surface area contributed by atoms with Gasteiger partial charge in [-0.3, -0.25) is 4.79 Å². The van der Waals surface area contributed by atoms with Gasteiger partial charge in [-0.1, -0.05) is 37.3 Å². The van der Waals surface area contributed by atoms with E-state index in [9.17, 15) is 14.7 Å². The normalized spacial score (nSPS) is 33.4. The van der Waals surface area contributed by atoms with Crippen molar-refractivity contribution in [1.82, 2.24) is 5.32 Å². The van der Waals surface area contributed by atoms with Crippen LogP contribution in [0.3, 0.4) is 0 Å². The van der Waals surface area contributed by atoms with Crippen LogP contribution < -0.4 is 10.4 Å². The van der Waals surface area contributed by atoms with Crippen molar-refractivity contribution in [3.05, 3.63) is 35.9 Å². The largest absolute Gasteiger partial charge is 0.550 e. The third-order valence-electron chi connectivity index (χ3n) is 7.45. The predicted molar refractivity (Wildman–Crippen MR) is 102 cm³/mol. The van der Waals surface area contributed by atoms with E-state index in [1.807, 2.05) is 37.3 Å². The van der Waals surface area contributed by atoms with Crippen LogP contribution in [0, 0.1) is 29.1 Å². The van der Waals surface area contributed by atoms with Crippen LogP contribution in [0.4, 0.5) is 0 Å². The van der Waals surface area contributed by atoms with E-state index >= 15 is 0 Å². The Labute approximate surface area is 161 Å². The SMILES string of the molecule is C[C@H](c1ccccc1)[C@H](CC(=O)[O-])C(=O)NCC12CC3CC(CC(C3)C1)C2. The number of carbonyl (C=O) groups excluding carboxylic acids is 2. The van der Waals surface area contributed by atoms with Crippen molar-refractivity contribution >= 4 is 11.9 Å². The third-order valence-corrected chi connectivity index (χ3v) is 7.45. The fraction of sp³-hybridized carbons (Fsp3) is 0.652. The summed E-state index contributed by atoms with van der Waals surface area (Å²) in [6.07, 6.45) is 7.61. The Balaban J connectivity index is 1.43. The number of benzene rings is 1. The van der Waals surface area contributed by atoms with E-state index in [0.717, 1.165) is 23.3 Å². The molecule has 0 heterocycles. The molecule has 4 aliphatic rings. The molecule has 0 aliphatic heterocycles. The summed E-state index contributed by atoms with van der Waals surface area (Å²) in [4.78, 5) is 24.3. The highest BCUT2D eigenvalue weighted by Gasteiger charge is 2.50. The van der Waals surface area contributed by atoms with Crippen LogP contribution in [0.2, 0.25) is 0 Å². The first-order valence-electron chi connectivity index (χ1n) is 10.5. The number of rotatable bonds is 7. The summed E-state index contributed by atoms with van der Waals surface area (Å²) in [6, 6.07) is 9.69. The van der Waals surface area contributed by atoms with E-state index in [-0.39, 0.29) is 23.7 Å². The Kier molecular flexibility index (Phi) is 5.00. The van der Waals surface area contributed by atoms with Crippen molar-refractivity contribution < 1.29 is 14.7 Å². The van der Waals surface area contributed by atoms with Crippen LogP contribution in [-0.2, 0) is 9.59 Å². The van der Waals surface area contributed by atoms with Crippen molar-refractivity contribution in [1.29, 1.82) is 0 Å². The molecule has 4 bridgehead atoms. The molecule has 1 aromatic carbocycles. The first-order chi connectivity index (χ1) is 12.9. The summed E-state index contributed by atoms with van der Waals surface area (Å²) in [5.74, 6) is 0.493. The van der Waals surface area contributed by atoms with Crippen LogP contribution >= 0.6 is 0 Å². The third kappa shape index (κ3) is 3.90. The highest BCUT2D eigenvalue weighted by molar-refractivity contribution is 5.83. The number of carboxylic acids is 1. The Hall–Kier alpha value is -1.84. The molecule has 0 aromatic heterocycles. The predicted octanol–water partition coefficient (Wildman–Crippen LogP) is 2.88. The van der Waals surface area contributed by atoms with Crippen molar-refractivity contribution in [3.8, 4) is 0 Å². The highest BCUT2D eigenvalue weighted by atomic mass is 16.4. The number of hydrogen-bond acceptors (Lipinski definition) is 3. The number of carboxylic acid groups (broad SMARTS) is 1. The number of amides is 1. The van der Waals surface area contributed by atoms with E-state index in [2.05, 4.69) is 5.32 Å². The Bertz CT molecular complexity index is 664. The molecule has 5 rings (SSSR count). The smallest absolute Gasteiger partial charge is 0.224 e. The van der Waals surface area contributed by atoms with Crippen molar-refractivity contribution in [2.45, 2.75) is 57.8 Å². The minimum absolute atomic E-state index is 0.133. The van der Waals surface area contributed by atoms with Crippen molar-refractivity contribution in [2.24, 2.45) is 29.1 Å². The van der Waals surface area contributed by atoms with Gasteiger partial charge in [-0.2, -0.15) is 0 Å². The lowest BCUT2D eigenvalue weighted by Gasteiger charge is -2.57. The molecule has 4 aliphatic carbocycles. The molecule has 1 N–H and O–H groups in total. The number of carbonyl (C=O) groups is 2. The van der Waals surface area contributed by atoms with Crippen LogP contribution in [0.5, 0.6) is 0 Å². The van der Waals surface area contributed by atoms with Gasteiger partial charge in [0.05, 0.1) is 0 Å². The summed E-state index contributed by atoms with van der Waals surface area (Å²) in [5, 5.41) is 14.5. The molecule has 1 aromatic rings. The lowest BCUT2D eigenvalue weighted by molar-refractivity contribution is -0.306. The molecule has 1 amide bonds. The van der Waals surface area contributed by atoms with Gasteiger partial charge in [0.1, 0.15) is 0 Å². The average molecular weight is 368 g/mol. The molecule has 146 valence electrons. The zero-order valence-corrected chi connectivity index (χ0v) is 16.2. The Morgan fingerprint density at radius 1 is 1.07 bits per heavy atom. The maximum absolute atomic E-state index is 13.0. The average Bonchev–Trinajstić information content (AvgIpc) is 2.63. The molecule has 0 saturated heterocycles.